The summed E-state index contributed by atoms with van der Waals surface area (Å²) in [6.45, 7) is 0.162. The van der Waals surface area contributed by atoms with Gasteiger partial charge in [-0.3, -0.25) is 14.2 Å². The van der Waals surface area contributed by atoms with Crippen LogP contribution < -0.4 is 11.1 Å². The number of nitrogens with one attached hydrogen (secondary N) is 1. The molecule has 0 radical (unpaired) electrons. The Morgan fingerprint density at radius 3 is 2.67 bits per heavy atom. The maximum Gasteiger partial charge on any atom is 0.250 e. The quantitative estimate of drug-likeness (QED) is 0.631. The molecule has 0 aliphatic carbocycles. The number of para-hydroxylation sites is 1. The van der Waals surface area contributed by atoms with Crippen molar-refractivity contribution >= 4 is 38.2 Å². The molecular formula is C22H23N3O4S. The van der Waals surface area contributed by atoms with Crippen LogP contribution in [0.15, 0.2) is 42.5 Å². The van der Waals surface area contributed by atoms with Gasteiger partial charge in [0.2, 0.25) is 5.91 Å². The van der Waals surface area contributed by atoms with Gasteiger partial charge in [0.25, 0.3) is 5.91 Å². The zero-order chi connectivity index (χ0) is 21.5. The topological polar surface area (TPSA) is 111 Å². The van der Waals surface area contributed by atoms with Crippen LogP contribution in [-0.2, 0) is 16.3 Å². The summed E-state index contributed by atoms with van der Waals surface area (Å²) in [6.07, 6.45) is 3.26. The van der Waals surface area contributed by atoms with Crippen LogP contribution in [0, 0.1) is 0 Å². The Hall–Kier alpha value is -3.13. The molecule has 8 heteroatoms. The number of nitrogens with two attached hydrogens (primary N) is 1. The van der Waals surface area contributed by atoms with E-state index in [0.717, 1.165) is 46.8 Å². The molecule has 1 aromatic heterocycles. The van der Waals surface area contributed by atoms with Crippen molar-refractivity contribution in [2.45, 2.75) is 19.3 Å². The first-order valence-electron chi connectivity index (χ1n) is 9.77. The number of carbonyl (C=O) groups excluding carboxylic acids is 2. The number of hydrogen-bond donors (Lipinski definition) is 2. The number of anilines is 1. The van der Waals surface area contributed by atoms with Crippen LogP contribution in [0.2, 0.25) is 0 Å². The molecule has 0 fully saturated rings. The molecule has 7 nitrogen and oxygen atoms in total. The van der Waals surface area contributed by atoms with Gasteiger partial charge < -0.3 is 11.1 Å². The van der Waals surface area contributed by atoms with Gasteiger partial charge in [-0.25, -0.2) is 8.42 Å². The van der Waals surface area contributed by atoms with Gasteiger partial charge in [-0.2, -0.15) is 0 Å². The highest BCUT2D eigenvalue weighted by Gasteiger charge is 2.25. The van der Waals surface area contributed by atoms with Crippen molar-refractivity contribution in [3.8, 4) is 11.1 Å². The smallest absolute Gasteiger partial charge is 0.250 e. The van der Waals surface area contributed by atoms with E-state index >= 15 is 0 Å². The summed E-state index contributed by atoms with van der Waals surface area (Å²) in [5.41, 5.74) is 9.93. The molecule has 3 aromatic rings. The number of amides is 1. The van der Waals surface area contributed by atoms with Crippen molar-refractivity contribution < 1.29 is 18.0 Å². The van der Waals surface area contributed by atoms with Crippen LogP contribution in [0.1, 0.15) is 33.7 Å². The Morgan fingerprint density at radius 1 is 1.17 bits per heavy atom. The predicted molar refractivity (Wildman–Crippen MR) is 118 cm³/mol. The number of hydrogen-bond acceptors (Lipinski definition) is 5. The number of aromatic nitrogens is 1. The van der Waals surface area contributed by atoms with Gasteiger partial charge in [0.05, 0.1) is 16.8 Å². The average Bonchev–Trinajstić information content (AvgIpc) is 3.02. The molecule has 1 aliphatic heterocycles. The van der Waals surface area contributed by atoms with Gasteiger partial charge in [-0.15, -0.1) is 0 Å². The lowest BCUT2D eigenvalue weighted by molar-refractivity contribution is 0.0889. The van der Waals surface area contributed by atoms with E-state index in [9.17, 15) is 18.0 Å². The van der Waals surface area contributed by atoms with E-state index in [2.05, 4.69) is 5.32 Å². The van der Waals surface area contributed by atoms with Crippen molar-refractivity contribution in [2.75, 3.05) is 23.9 Å². The lowest BCUT2D eigenvalue weighted by Crippen LogP contribution is -2.19. The molecule has 0 saturated heterocycles. The molecule has 0 bridgehead atoms. The number of fused-ring (bicyclic) bond motifs is 3. The Bertz CT molecular complexity index is 1280. The monoisotopic (exact) mass is 425 g/mol. The zero-order valence-corrected chi connectivity index (χ0v) is 17.5. The van der Waals surface area contributed by atoms with Crippen LogP contribution in [0.3, 0.4) is 0 Å². The number of nitrogens with zero attached hydrogens (tertiary/aromatic N) is 1. The van der Waals surface area contributed by atoms with Crippen molar-refractivity contribution in [1.29, 1.82) is 0 Å². The molecule has 0 unspecified atom stereocenters. The molecule has 3 N–H and O–H groups in total. The predicted octanol–water partition coefficient (Wildman–Crippen LogP) is 2.84. The highest BCUT2D eigenvalue weighted by Crippen LogP contribution is 2.39. The molecule has 0 spiro atoms. The second-order valence-corrected chi connectivity index (χ2v) is 9.86. The summed E-state index contributed by atoms with van der Waals surface area (Å²) >= 11 is 0. The van der Waals surface area contributed by atoms with Gasteiger partial charge in [0.1, 0.15) is 9.84 Å². The maximum absolute atomic E-state index is 12.6. The summed E-state index contributed by atoms with van der Waals surface area (Å²) in [5, 5.41) is 4.01. The van der Waals surface area contributed by atoms with E-state index < -0.39 is 15.7 Å². The minimum absolute atomic E-state index is 0.0610. The second kappa shape index (κ2) is 7.60. The third kappa shape index (κ3) is 3.70. The lowest BCUT2D eigenvalue weighted by Gasteiger charge is -2.17. The lowest BCUT2D eigenvalue weighted by atomic mass is 9.96. The summed E-state index contributed by atoms with van der Waals surface area (Å²) < 4.78 is 24.7. The second-order valence-electron chi connectivity index (χ2n) is 7.60. The molecule has 0 atom stereocenters. The molecule has 2 heterocycles. The van der Waals surface area contributed by atoms with Gasteiger partial charge in [-0.05, 0) is 36.6 Å². The van der Waals surface area contributed by atoms with E-state index in [1.807, 2.05) is 36.4 Å². The molecule has 156 valence electrons. The van der Waals surface area contributed by atoms with Crippen LogP contribution in [-0.4, -0.2) is 43.4 Å². The number of sulfone groups is 1. The molecule has 1 amide bonds. The van der Waals surface area contributed by atoms with Crippen molar-refractivity contribution in [2.24, 2.45) is 5.73 Å². The third-order valence-corrected chi connectivity index (χ3v) is 6.33. The van der Waals surface area contributed by atoms with Gasteiger partial charge in [-0.1, -0.05) is 24.3 Å². The van der Waals surface area contributed by atoms with Gasteiger partial charge in [0, 0.05) is 41.6 Å². The first-order chi connectivity index (χ1) is 14.3. The number of carbonyl (C=O) groups is 2. The van der Waals surface area contributed by atoms with Crippen molar-refractivity contribution in [1.82, 2.24) is 4.57 Å². The van der Waals surface area contributed by atoms with Crippen LogP contribution in [0.5, 0.6) is 0 Å². The highest BCUT2D eigenvalue weighted by atomic mass is 32.2. The minimum Gasteiger partial charge on any atom is -0.383 e. The van der Waals surface area contributed by atoms with E-state index in [4.69, 9.17) is 5.73 Å². The molecular weight excluding hydrogens is 402 g/mol. The van der Waals surface area contributed by atoms with Crippen LogP contribution in [0.4, 0.5) is 5.69 Å². The Kier molecular flexibility index (Phi) is 5.11. The van der Waals surface area contributed by atoms with Crippen LogP contribution in [0.25, 0.3) is 22.0 Å². The number of benzene rings is 2. The third-order valence-electron chi connectivity index (χ3n) is 5.39. The largest absolute Gasteiger partial charge is 0.383 e. The zero-order valence-electron chi connectivity index (χ0n) is 16.6. The van der Waals surface area contributed by atoms with Crippen LogP contribution >= 0.6 is 0 Å². The fourth-order valence-electron chi connectivity index (χ4n) is 4.09. The Labute approximate surface area is 174 Å². The molecule has 30 heavy (non-hydrogen) atoms. The minimum atomic E-state index is -3.15. The fraction of sp³-hybridized carbons (Fsp3) is 0.273. The maximum atomic E-state index is 12.6. The molecule has 1 aliphatic rings. The average molecular weight is 426 g/mol. The first kappa shape index (κ1) is 20.2. The fourth-order valence-corrected chi connectivity index (χ4v) is 4.56. The van der Waals surface area contributed by atoms with E-state index in [1.54, 1.807) is 10.6 Å². The Morgan fingerprint density at radius 2 is 1.93 bits per heavy atom. The summed E-state index contributed by atoms with van der Waals surface area (Å²) in [4.78, 5) is 24.5. The highest BCUT2D eigenvalue weighted by molar-refractivity contribution is 7.90. The molecule has 0 saturated carbocycles. The summed E-state index contributed by atoms with van der Waals surface area (Å²) in [6, 6.07) is 13.1. The number of rotatable bonds is 6. The van der Waals surface area contributed by atoms with Gasteiger partial charge >= 0.3 is 0 Å². The first-order valence-corrected chi connectivity index (χ1v) is 11.8. The standard InChI is InChI=1S/C22H23N3O4S/c1-30(28,29)12-11-24-17-13-14(9-10-15(17)22(23)27)21-16-5-2-3-6-18(16)25-19(21)7-4-8-20(25)26/h2-3,5-6,9-10,13,24H,4,7-8,11-12H2,1H3,(H2,23,27). The summed E-state index contributed by atoms with van der Waals surface area (Å²) in [7, 11) is -3.15. The van der Waals surface area contributed by atoms with Crippen molar-refractivity contribution in [3.63, 3.8) is 0 Å². The normalized spacial score (nSPS) is 14.0. The number of primary amides is 1. The molecule has 4 rings (SSSR count). The SMILES string of the molecule is CS(=O)(=O)CCNc1cc(-c2c3n(c4ccccc24)C(=O)CCC3)ccc1C(N)=O. The van der Waals surface area contributed by atoms with E-state index in [-0.39, 0.29) is 18.2 Å². The van der Waals surface area contributed by atoms with E-state index in [1.165, 1.54) is 0 Å². The summed E-state index contributed by atoms with van der Waals surface area (Å²) in [5.74, 6) is -0.574. The Balaban J connectivity index is 1.85. The van der Waals surface area contributed by atoms with E-state index in [0.29, 0.717) is 17.7 Å². The van der Waals surface area contributed by atoms with Gasteiger partial charge in [0.15, 0.2) is 0 Å². The molecule has 2 aromatic carbocycles. The van der Waals surface area contributed by atoms with Crippen molar-refractivity contribution in [3.05, 3.63) is 53.7 Å².